The number of anilines is 2. The topological polar surface area (TPSA) is 133 Å². The molecule has 0 radical (unpaired) electrons. The second-order valence-corrected chi connectivity index (χ2v) is 5.90. The minimum atomic E-state index is -0.192. The summed E-state index contributed by atoms with van der Waals surface area (Å²) >= 11 is 1.15. The summed E-state index contributed by atoms with van der Waals surface area (Å²) in [6, 6.07) is 7.35. The molecule has 0 bridgehead atoms. The standard InChI is InChI=1S/C15H13N7OS/c1-8-19-11-3-2-10(4-12(11)20-8)21-13(23)7-24-15-18-6-9(5-16)14(17)22-15/h2-4,6H,7H2,1H3,(H,19,20)(H,21,23)(H2,17,18,22). The van der Waals surface area contributed by atoms with Crippen molar-refractivity contribution in [2.75, 3.05) is 16.8 Å². The molecular formula is C15H13N7OS. The number of nitrogens with two attached hydrogens (primary N) is 1. The Morgan fingerprint density at radius 2 is 2.29 bits per heavy atom. The number of carbonyl (C=O) groups is 1. The number of hydrogen-bond donors (Lipinski definition) is 3. The third kappa shape index (κ3) is 3.44. The zero-order valence-corrected chi connectivity index (χ0v) is 13.5. The van der Waals surface area contributed by atoms with E-state index in [9.17, 15) is 4.79 Å². The Bertz CT molecular complexity index is 960. The first-order valence-corrected chi connectivity index (χ1v) is 7.95. The average molecular weight is 339 g/mol. The van der Waals surface area contributed by atoms with E-state index in [-0.39, 0.29) is 23.0 Å². The largest absolute Gasteiger partial charge is 0.382 e. The molecule has 0 saturated carbocycles. The van der Waals surface area contributed by atoms with Gasteiger partial charge in [-0.05, 0) is 25.1 Å². The first-order chi connectivity index (χ1) is 11.5. The molecule has 9 heteroatoms. The Kier molecular flexibility index (Phi) is 4.31. The number of nitrogens with one attached hydrogen (secondary N) is 2. The quantitative estimate of drug-likeness (QED) is 0.488. The van der Waals surface area contributed by atoms with Crippen LogP contribution in [-0.2, 0) is 4.79 Å². The molecule has 0 atom stereocenters. The van der Waals surface area contributed by atoms with Crippen molar-refractivity contribution in [3.63, 3.8) is 0 Å². The lowest BCUT2D eigenvalue weighted by Crippen LogP contribution is -2.14. The Hall–Kier alpha value is -3.12. The third-order valence-corrected chi connectivity index (χ3v) is 3.99. The van der Waals surface area contributed by atoms with Crippen LogP contribution in [0.5, 0.6) is 0 Å². The van der Waals surface area contributed by atoms with Gasteiger partial charge in [-0.1, -0.05) is 11.8 Å². The summed E-state index contributed by atoms with van der Waals surface area (Å²) in [6.45, 7) is 1.87. The van der Waals surface area contributed by atoms with E-state index in [0.29, 0.717) is 10.8 Å². The lowest BCUT2D eigenvalue weighted by Gasteiger charge is -2.05. The number of H-pyrrole nitrogens is 1. The van der Waals surface area contributed by atoms with Crippen molar-refractivity contribution in [2.24, 2.45) is 0 Å². The molecule has 0 aliphatic carbocycles. The molecule has 0 saturated heterocycles. The highest BCUT2D eigenvalue weighted by atomic mass is 32.2. The first kappa shape index (κ1) is 15.8. The summed E-state index contributed by atoms with van der Waals surface area (Å²) in [6.07, 6.45) is 1.34. The summed E-state index contributed by atoms with van der Waals surface area (Å²) in [5.41, 5.74) is 8.22. The van der Waals surface area contributed by atoms with E-state index in [1.165, 1.54) is 6.20 Å². The Morgan fingerprint density at radius 1 is 1.46 bits per heavy atom. The maximum atomic E-state index is 12.0. The predicted molar refractivity (Wildman–Crippen MR) is 91.3 cm³/mol. The minimum Gasteiger partial charge on any atom is -0.382 e. The summed E-state index contributed by atoms with van der Waals surface area (Å²) in [5, 5.41) is 11.9. The van der Waals surface area contributed by atoms with Crippen molar-refractivity contribution >= 4 is 40.2 Å². The molecule has 0 aliphatic heterocycles. The summed E-state index contributed by atoms with van der Waals surface area (Å²) in [5.74, 6) is 0.864. The van der Waals surface area contributed by atoms with E-state index in [4.69, 9.17) is 11.0 Å². The number of fused-ring (bicyclic) bond motifs is 1. The van der Waals surface area contributed by atoms with Crippen molar-refractivity contribution in [2.45, 2.75) is 12.1 Å². The van der Waals surface area contributed by atoms with Gasteiger partial charge in [0.25, 0.3) is 0 Å². The molecule has 1 aromatic carbocycles. The predicted octanol–water partition coefficient (Wildman–Crippen LogP) is 1.85. The summed E-state index contributed by atoms with van der Waals surface area (Å²) < 4.78 is 0. The number of thioether (sulfide) groups is 1. The van der Waals surface area contributed by atoms with Gasteiger partial charge in [0.15, 0.2) is 5.16 Å². The Morgan fingerprint density at radius 3 is 3.04 bits per heavy atom. The number of amides is 1. The van der Waals surface area contributed by atoms with Gasteiger partial charge >= 0.3 is 0 Å². The van der Waals surface area contributed by atoms with Crippen molar-refractivity contribution < 1.29 is 4.79 Å². The van der Waals surface area contributed by atoms with Crippen LogP contribution in [0.2, 0.25) is 0 Å². The van der Waals surface area contributed by atoms with E-state index in [2.05, 4.69) is 25.3 Å². The fraction of sp³-hybridized carbons (Fsp3) is 0.133. The van der Waals surface area contributed by atoms with Crippen LogP contribution in [0.25, 0.3) is 11.0 Å². The number of nitrogen functional groups attached to an aromatic ring is 1. The van der Waals surface area contributed by atoms with Crippen molar-refractivity contribution in [1.82, 2.24) is 19.9 Å². The van der Waals surface area contributed by atoms with Crippen molar-refractivity contribution in [1.29, 1.82) is 5.26 Å². The molecule has 3 aromatic rings. The van der Waals surface area contributed by atoms with Crippen LogP contribution in [0.3, 0.4) is 0 Å². The van der Waals surface area contributed by atoms with Crippen molar-refractivity contribution in [3.8, 4) is 6.07 Å². The number of benzene rings is 1. The van der Waals surface area contributed by atoms with E-state index < -0.39 is 0 Å². The summed E-state index contributed by atoms with van der Waals surface area (Å²) in [7, 11) is 0. The lowest BCUT2D eigenvalue weighted by atomic mass is 10.3. The van der Waals surface area contributed by atoms with Gasteiger partial charge in [-0.25, -0.2) is 15.0 Å². The maximum absolute atomic E-state index is 12.0. The number of aromatic nitrogens is 4. The number of imidazole rings is 1. The van der Waals surface area contributed by atoms with Gasteiger partial charge in [-0.15, -0.1) is 0 Å². The normalized spacial score (nSPS) is 10.5. The van der Waals surface area contributed by atoms with Gasteiger partial charge in [0, 0.05) is 5.69 Å². The molecule has 24 heavy (non-hydrogen) atoms. The number of nitriles is 1. The zero-order valence-electron chi connectivity index (χ0n) is 12.7. The molecule has 2 aromatic heterocycles. The highest BCUT2D eigenvalue weighted by molar-refractivity contribution is 7.99. The number of aryl methyl sites for hydroxylation is 1. The Labute approximate surface area is 141 Å². The molecule has 3 rings (SSSR count). The molecule has 8 nitrogen and oxygen atoms in total. The molecule has 0 unspecified atom stereocenters. The van der Waals surface area contributed by atoms with E-state index >= 15 is 0 Å². The number of carbonyl (C=O) groups excluding carboxylic acids is 1. The molecular weight excluding hydrogens is 326 g/mol. The number of hydrogen-bond acceptors (Lipinski definition) is 7. The van der Waals surface area contributed by atoms with Crippen LogP contribution >= 0.6 is 11.8 Å². The lowest BCUT2D eigenvalue weighted by molar-refractivity contribution is -0.113. The minimum absolute atomic E-state index is 0.107. The second-order valence-electron chi connectivity index (χ2n) is 4.95. The molecule has 2 heterocycles. The van der Waals surface area contributed by atoms with E-state index in [0.717, 1.165) is 28.6 Å². The van der Waals surface area contributed by atoms with Gasteiger partial charge < -0.3 is 16.0 Å². The zero-order chi connectivity index (χ0) is 17.1. The van der Waals surface area contributed by atoms with Gasteiger partial charge in [-0.2, -0.15) is 5.26 Å². The SMILES string of the molecule is Cc1nc2ccc(NC(=O)CSc3ncc(C#N)c(N)n3)cc2[nH]1. The fourth-order valence-corrected chi connectivity index (χ4v) is 2.70. The highest BCUT2D eigenvalue weighted by Gasteiger charge is 2.09. The van der Waals surface area contributed by atoms with E-state index in [1.807, 2.05) is 25.1 Å². The monoisotopic (exact) mass is 339 g/mol. The van der Waals surface area contributed by atoms with Crippen molar-refractivity contribution in [3.05, 3.63) is 35.8 Å². The number of aromatic amines is 1. The first-order valence-electron chi connectivity index (χ1n) is 6.97. The van der Waals surface area contributed by atoms with E-state index in [1.54, 1.807) is 6.07 Å². The van der Waals surface area contributed by atoms with Gasteiger partial charge in [0.2, 0.25) is 5.91 Å². The van der Waals surface area contributed by atoms with Crippen LogP contribution in [0.4, 0.5) is 11.5 Å². The number of rotatable bonds is 4. The molecule has 120 valence electrons. The van der Waals surface area contributed by atoms with Gasteiger partial charge in [-0.3, -0.25) is 4.79 Å². The molecule has 0 spiro atoms. The van der Waals surface area contributed by atoms with Gasteiger partial charge in [0.1, 0.15) is 23.3 Å². The molecule has 0 fully saturated rings. The second kappa shape index (κ2) is 6.55. The maximum Gasteiger partial charge on any atom is 0.234 e. The van der Waals surface area contributed by atoms with Crippen LogP contribution in [0.1, 0.15) is 11.4 Å². The highest BCUT2D eigenvalue weighted by Crippen LogP contribution is 2.19. The average Bonchev–Trinajstić information content (AvgIpc) is 2.92. The number of nitrogens with zero attached hydrogens (tertiary/aromatic N) is 4. The van der Waals surface area contributed by atoms with Crippen LogP contribution < -0.4 is 11.1 Å². The van der Waals surface area contributed by atoms with Crippen LogP contribution in [0.15, 0.2) is 29.6 Å². The molecule has 0 aliphatic rings. The van der Waals surface area contributed by atoms with Crippen LogP contribution in [0, 0.1) is 18.3 Å². The molecule has 4 N–H and O–H groups in total. The third-order valence-electron chi connectivity index (χ3n) is 3.13. The summed E-state index contributed by atoms with van der Waals surface area (Å²) in [4.78, 5) is 27.4. The molecule has 1 amide bonds. The fourth-order valence-electron chi connectivity index (χ4n) is 2.08. The Balaban J connectivity index is 1.62. The van der Waals surface area contributed by atoms with Crippen LogP contribution in [-0.4, -0.2) is 31.6 Å². The smallest absolute Gasteiger partial charge is 0.234 e. The van der Waals surface area contributed by atoms with Gasteiger partial charge in [0.05, 0.1) is 23.0 Å².